The summed E-state index contributed by atoms with van der Waals surface area (Å²) in [6.07, 6.45) is 7.10. The summed E-state index contributed by atoms with van der Waals surface area (Å²) >= 11 is 0. The van der Waals surface area contributed by atoms with Crippen LogP contribution in [0.3, 0.4) is 0 Å². The molecular weight excluding hydrogens is 288 g/mol. The van der Waals surface area contributed by atoms with E-state index in [0.717, 1.165) is 29.5 Å². The fourth-order valence-electron chi connectivity index (χ4n) is 3.40. The predicted molar refractivity (Wildman–Crippen MR) is 91.4 cm³/mol. The second-order valence-electron chi connectivity index (χ2n) is 6.55. The molecule has 0 atom stereocenters. The molecule has 2 aromatic rings. The zero-order valence-corrected chi connectivity index (χ0v) is 14.3. The smallest absolute Gasteiger partial charge is 0.209 e. The SMILES string of the molecule is COc1ccc(-c2cnc(CN(C(C)C)C3CCCC3)o2)cc1. The van der Waals surface area contributed by atoms with Crippen LogP contribution in [0.4, 0.5) is 0 Å². The summed E-state index contributed by atoms with van der Waals surface area (Å²) in [4.78, 5) is 7.01. The maximum absolute atomic E-state index is 5.99. The van der Waals surface area contributed by atoms with Crippen molar-refractivity contribution in [2.24, 2.45) is 0 Å². The molecule has 23 heavy (non-hydrogen) atoms. The summed E-state index contributed by atoms with van der Waals surface area (Å²) in [6.45, 7) is 5.30. The van der Waals surface area contributed by atoms with Gasteiger partial charge in [0.25, 0.3) is 0 Å². The van der Waals surface area contributed by atoms with E-state index in [1.807, 2.05) is 30.5 Å². The van der Waals surface area contributed by atoms with E-state index in [9.17, 15) is 0 Å². The zero-order valence-electron chi connectivity index (χ0n) is 14.3. The van der Waals surface area contributed by atoms with Crippen molar-refractivity contribution in [1.82, 2.24) is 9.88 Å². The number of hydrogen-bond acceptors (Lipinski definition) is 4. The molecule has 0 amide bonds. The first kappa shape index (κ1) is 16.1. The fraction of sp³-hybridized carbons (Fsp3) is 0.526. The molecule has 0 aliphatic heterocycles. The molecule has 1 aromatic heterocycles. The van der Waals surface area contributed by atoms with E-state index in [1.54, 1.807) is 7.11 Å². The quantitative estimate of drug-likeness (QED) is 0.786. The number of nitrogens with zero attached hydrogens (tertiary/aromatic N) is 2. The average Bonchev–Trinajstić information content (AvgIpc) is 3.24. The van der Waals surface area contributed by atoms with Gasteiger partial charge in [-0.1, -0.05) is 12.8 Å². The van der Waals surface area contributed by atoms with Crippen molar-refractivity contribution in [3.63, 3.8) is 0 Å². The molecule has 1 heterocycles. The van der Waals surface area contributed by atoms with Gasteiger partial charge in [-0.15, -0.1) is 0 Å². The van der Waals surface area contributed by atoms with Crippen molar-refractivity contribution >= 4 is 0 Å². The first-order valence-electron chi connectivity index (χ1n) is 8.52. The lowest BCUT2D eigenvalue weighted by Crippen LogP contribution is -2.38. The molecule has 0 spiro atoms. The number of ether oxygens (including phenoxy) is 1. The number of oxazole rings is 1. The predicted octanol–water partition coefficient (Wildman–Crippen LogP) is 4.50. The van der Waals surface area contributed by atoms with E-state index in [4.69, 9.17) is 9.15 Å². The molecule has 3 rings (SSSR count). The number of aromatic nitrogens is 1. The minimum Gasteiger partial charge on any atom is -0.497 e. The van der Waals surface area contributed by atoms with Crippen molar-refractivity contribution in [3.8, 4) is 17.1 Å². The van der Waals surface area contributed by atoms with Crippen molar-refractivity contribution in [2.75, 3.05) is 7.11 Å². The Morgan fingerprint density at radius 1 is 1.22 bits per heavy atom. The number of benzene rings is 1. The molecule has 124 valence electrons. The van der Waals surface area contributed by atoms with Crippen molar-refractivity contribution in [1.29, 1.82) is 0 Å². The standard InChI is InChI=1S/C19H26N2O2/c1-14(2)21(16-6-4-5-7-16)13-19-20-12-18(23-19)15-8-10-17(22-3)11-9-15/h8-12,14,16H,4-7,13H2,1-3H3. The summed E-state index contributed by atoms with van der Waals surface area (Å²) in [7, 11) is 1.67. The first-order valence-corrected chi connectivity index (χ1v) is 8.52. The first-order chi connectivity index (χ1) is 11.2. The molecule has 0 N–H and O–H groups in total. The van der Waals surface area contributed by atoms with Crippen molar-refractivity contribution < 1.29 is 9.15 Å². The second kappa shape index (κ2) is 7.18. The third-order valence-corrected chi connectivity index (χ3v) is 4.70. The van der Waals surface area contributed by atoms with Gasteiger partial charge in [-0.2, -0.15) is 0 Å². The Morgan fingerprint density at radius 2 is 1.91 bits per heavy atom. The summed E-state index contributed by atoms with van der Waals surface area (Å²) in [6, 6.07) is 9.06. The molecule has 0 saturated heterocycles. The maximum Gasteiger partial charge on any atom is 0.209 e. The molecule has 0 radical (unpaired) electrons. The van der Waals surface area contributed by atoms with Crippen LogP contribution in [0, 0.1) is 0 Å². The summed E-state index contributed by atoms with van der Waals surface area (Å²) in [5.74, 6) is 2.47. The Labute approximate surface area is 138 Å². The lowest BCUT2D eigenvalue weighted by atomic mass is 10.1. The highest BCUT2D eigenvalue weighted by atomic mass is 16.5. The van der Waals surface area contributed by atoms with Crippen LogP contribution >= 0.6 is 0 Å². The Bertz CT molecular complexity index is 613. The average molecular weight is 314 g/mol. The van der Waals surface area contributed by atoms with Crippen LogP contribution < -0.4 is 4.74 Å². The Morgan fingerprint density at radius 3 is 2.52 bits per heavy atom. The summed E-state index contributed by atoms with van der Waals surface area (Å²) in [5, 5.41) is 0. The molecule has 1 aromatic carbocycles. The van der Waals surface area contributed by atoms with E-state index in [2.05, 4.69) is 23.7 Å². The highest BCUT2D eigenvalue weighted by Crippen LogP contribution is 2.28. The van der Waals surface area contributed by atoms with E-state index in [1.165, 1.54) is 25.7 Å². The van der Waals surface area contributed by atoms with Gasteiger partial charge in [0.2, 0.25) is 5.89 Å². The molecule has 1 aliphatic rings. The van der Waals surface area contributed by atoms with Gasteiger partial charge >= 0.3 is 0 Å². The van der Waals surface area contributed by atoms with E-state index < -0.39 is 0 Å². The van der Waals surface area contributed by atoms with Gasteiger partial charge in [-0.3, -0.25) is 4.90 Å². The molecule has 0 bridgehead atoms. The maximum atomic E-state index is 5.99. The van der Waals surface area contributed by atoms with Crippen molar-refractivity contribution in [2.45, 2.75) is 58.2 Å². The summed E-state index contributed by atoms with van der Waals surface area (Å²) < 4.78 is 11.2. The highest BCUT2D eigenvalue weighted by Gasteiger charge is 2.26. The lowest BCUT2D eigenvalue weighted by Gasteiger charge is -2.31. The monoisotopic (exact) mass is 314 g/mol. The Kier molecular flexibility index (Phi) is 5.01. The van der Waals surface area contributed by atoms with Crippen LogP contribution in [-0.4, -0.2) is 29.1 Å². The minimum atomic E-state index is 0.509. The topological polar surface area (TPSA) is 38.5 Å². The summed E-state index contributed by atoms with van der Waals surface area (Å²) in [5.41, 5.74) is 1.03. The van der Waals surface area contributed by atoms with Crippen LogP contribution in [0.25, 0.3) is 11.3 Å². The molecule has 1 aliphatic carbocycles. The van der Waals surface area contributed by atoms with E-state index in [0.29, 0.717) is 12.1 Å². The zero-order chi connectivity index (χ0) is 16.2. The third-order valence-electron chi connectivity index (χ3n) is 4.70. The molecule has 4 nitrogen and oxygen atoms in total. The lowest BCUT2D eigenvalue weighted by molar-refractivity contribution is 0.132. The van der Waals surface area contributed by atoms with Gasteiger partial charge < -0.3 is 9.15 Å². The van der Waals surface area contributed by atoms with E-state index in [-0.39, 0.29) is 0 Å². The second-order valence-corrected chi connectivity index (χ2v) is 6.55. The van der Waals surface area contributed by atoms with Gasteiger partial charge in [0.05, 0.1) is 19.9 Å². The minimum absolute atomic E-state index is 0.509. The molecule has 1 fully saturated rings. The van der Waals surface area contributed by atoms with Gasteiger partial charge in [0, 0.05) is 17.6 Å². The van der Waals surface area contributed by atoms with Crippen LogP contribution in [-0.2, 0) is 6.54 Å². The fourth-order valence-corrected chi connectivity index (χ4v) is 3.40. The number of hydrogen-bond donors (Lipinski definition) is 0. The molecule has 1 saturated carbocycles. The van der Waals surface area contributed by atoms with Crippen LogP contribution in [0.5, 0.6) is 5.75 Å². The van der Waals surface area contributed by atoms with Gasteiger partial charge in [-0.05, 0) is 51.0 Å². The number of rotatable bonds is 6. The molecule has 4 heteroatoms. The number of methoxy groups -OCH3 is 1. The molecule has 0 unspecified atom stereocenters. The van der Waals surface area contributed by atoms with Crippen LogP contribution in [0.2, 0.25) is 0 Å². The largest absolute Gasteiger partial charge is 0.497 e. The highest BCUT2D eigenvalue weighted by molar-refractivity contribution is 5.57. The normalized spacial score (nSPS) is 15.7. The Balaban J connectivity index is 1.72. The van der Waals surface area contributed by atoms with Crippen LogP contribution in [0.1, 0.15) is 45.4 Å². The Hall–Kier alpha value is -1.81. The van der Waals surface area contributed by atoms with Gasteiger partial charge in [-0.25, -0.2) is 4.98 Å². The van der Waals surface area contributed by atoms with Crippen LogP contribution in [0.15, 0.2) is 34.9 Å². The molecular formula is C19H26N2O2. The van der Waals surface area contributed by atoms with Gasteiger partial charge in [0.15, 0.2) is 5.76 Å². The van der Waals surface area contributed by atoms with Crippen molar-refractivity contribution in [3.05, 3.63) is 36.4 Å². The third kappa shape index (κ3) is 3.75. The van der Waals surface area contributed by atoms with E-state index >= 15 is 0 Å². The van der Waals surface area contributed by atoms with Gasteiger partial charge in [0.1, 0.15) is 5.75 Å².